The van der Waals surface area contributed by atoms with Crippen molar-refractivity contribution in [3.8, 4) is 5.75 Å². The van der Waals surface area contributed by atoms with Crippen LogP contribution in [-0.4, -0.2) is 42.0 Å². The van der Waals surface area contributed by atoms with Crippen LogP contribution in [0, 0.1) is 5.92 Å². The number of amides is 3. The number of piperidine rings is 1. The second-order valence-corrected chi connectivity index (χ2v) is 6.01. The highest BCUT2D eigenvalue weighted by molar-refractivity contribution is 5.93. The Kier molecular flexibility index (Phi) is 4.60. The van der Waals surface area contributed by atoms with Crippen molar-refractivity contribution in [3.05, 3.63) is 34.6 Å². The number of anilines is 1. The number of fused-ring (bicyclic) bond motifs is 1. The summed E-state index contributed by atoms with van der Waals surface area (Å²) in [5.41, 5.74) is 5.76. The lowest BCUT2D eigenvalue weighted by molar-refractivity contribution is -0.122. The number of nitrogens with two attached hydrogens (primary N) is 1. The van der Waals surface area contributed by atoms with E-state index in [1.54, 1.807) is 23.1 Å². The van der Waals surface area contributed by atoms with Gasteiger partial charge in [-0.3, -0.25) is 9.59 Å². The van der Waals surface area contributed by atoms with Crippen molar-refractivity contribution in [2.75, 3.05) is 25.5 Å². The third-order valence-corrected chi connectivity index (χ3v) is 4.52. The van der Waals surface area contributed by atoms with Crippen LogP contribution in [-0.2, 0) is 4.79 Å². The number of nitrogens with one attached hydrogen (secondary N) is 2. The summed E-state index contributed by atoms with van der Waals surface area (Å²) >= 11 is 0. The molecule has 3 rings (SSSR count). The van der Waals surface area contributed by atoms with E-state index in [2.05, 4.69) is 10.3 Å². The highest BCUT2D eigenvalue weighted by Gasteiger charge is 2.26. The number of nitrogens with zero attached hydrogens (tertiary/aromatic N) is 1. The Morgan fingerprint density at radius 1 is 1.32 bits per heavy atom. The molecule has 1 aromatic carbocycles. The molecular formula is C17H20N4O4. The maximum atomic E-state index is 12.6. The monoisotopic (exact) mass is 344 g/mol. The van der Waals surface area contributed by atoms with E-state index in [1.165, 1.54) is 13.3 Å². The van der Waals surface area contributed by atoms with Gasteiger partial charge >= 0.3 is 6.03 Å². The molecule has 1 fully saturated rings. The number of carbonyl (C=O) groups excluding carboxylic acids is 2. The summed E-state index contributed by atoms with van der Waals surface area (Å²) in [5, 5.41) is 3.07. The number of aromatic amines is 1. The number of para-hydroxylation sites is 1. The number of benzene rings is 1. The summed E-state index contributed by atoms with van der Waals surface area (Å²) in [4.78, 5) is 40.7. The maximum Gasteiger partial charge on any atom is 0.321 e. The van der Waals surface area contributed by atoms with Gasteiger partial charge in [0.05, 0.1) is 18.0 Å². The van der Waals surface area contributed by atoms with Gasteiger partial charge in [0.15, 0.2) is 0 Å². The van der Waals surface area contributed by atoms with Crippen molar-refractivity contribution in [2.45, 2.75) is 12.8 Å². The highest BCUT2D eigenvalue weighted by Crippen LogP contribution is 2.22. The lowest BCUT2D eigenvalue weighted by atomic mass is 9.96. The van der Waals surface area contributed by atoms with E-state index in [-0.39, 0.29) is 29.0 Å². The predicted octanol–water partition coefficient (Wildman–Crippen LogP) is 1.27. The molecule has 1 saturated heterocycles. The summed E-state index contributed by atoms with van der Waals surface area (Å²) in [5.74, 6) is 0.0292. The minimum absolute atomic E-state index is 0.169. The average Bonchev–Trinajstić information content (AvgIpc) is 2.63. The van der Waals surface area contributed by atoms with Gasteiger partial charge in [0.25, 0.3) is 0 Å². The molecule has 0 radical (unpaired) electrons. The number of likely N-dealkylation sites (tertiary alicyclic amines) is 1. The molecule has 0 aliphatic carbocycles. The number of H-pyrrole nitrogens is 1. The first-order valence-corrected chi connectivity index (χ1v) is 8.05. The van der Waals surface area contributed by atoms with E-state index in [0.717, 1.165) is 0 Å². The molecule has 0 spiro atoms. The first kappa shape index (κ1) is 16.8. The maximum absolute atomic E-state index is 12.6. The zero-order valence-electron chi connectivity index (χ0n) is 13.9. The molecule has 0 saturated carbocycles. The molecular weight excluding hydrogens is 324 g/mol. The minimum atomic E-state index is -0.365. The van der Waals surface area contributed by atoms with Crippen molar-refractivity contribution < 1.29 is 14.3 Å². The van der Waals surface area contributed by atoms with E-state index >= 15 is 0 Å². The van der Waals surface area contributed by atoms with Crippen LogP contribution in [0.25, 0.3) is 10.9 Å². The quantitative estimate of drug-likeness (QED) is 0.777. The van der Waals surface area contributed by atoms with Gasteiger partial charge in [0.1, 0.15) is 11.4 Å². The van der Waals surface area contributed by atoms with Crippen LogP contribution in [0.5, 0.6) is 5.75 Å². The zero-order valence-corrected chi connectivity index (χ0v) is 13.9. The van der Waals surface area contributed by atoms with Crippen molar-refractivity contribution in [1.29, 1.82) is 0 Å². The van der Waals surface area contributed by atoms with E-state index in [0.29, 0.717) is 42.6 Å². The Bertz CT molecular complexity index is 869. The number of ether oxygens (including phenoxy) is 1. The van der Waals surface area contributed by atoms with Crippen molar-refractivity contribution in [2.24, 2.45) is 11.7 Å². The molecule has 25 heavy (non-hydrogen) atoms. The van der Waals surface area contributed by atoms with Gasteiger partial charge in [0, 0.05) is 25.2 Å². The summed E-state index contributed by atoms with van der Waals surface area (Å²) in [7, 11) is 1.53. The molecule has 0 atom stereocenters. The first-order chi connectivity index (χ1) is 12.0. The minimum Gasteiger partial charge on any atom is -0.495 e. The van der Waals surface area contributed by atoms with Crippen LogP contribution >= 0.6 is 0 Å². The van der Waals surface area contributed by atoms with Crippen LogP contribution in [0.3, 0.4) is 0 Å². The second-order valence-electron chi connectivity index (χ2n) is 6.01. The van der Waals surface area contributed by atoms with Gasteiger partial charge in [0.2, 0.25) is 11.3 Å². The summed E-state index contributed by atoms with van der Waals surface area (Å²) in [6.07, 6.45) is 2.53. The van der Waals surface area contributed by atoms with Gasteiger partial charge in [-0.2, -0.15) is 0 Å². The van der Waals surface area contributed by atoms with Crippen molar-refractivity contribution in [1.82, 2.24) is 9.88 Å². The summed E-state index contributed by atoms with van der Waals surface area (Å²) in [6.45, 7) is 0.859. The van der Waals surface area contributed by atoms with Crippen molar-refractivity contribution in [3.63, 3.8) is 0 Å². The lowest BCUT2D eigenvalue weighted by Crippen LogP contribution is -2.44. The van der Waals surface area contributed by atoms with E-state index in [9.17, 15) is 14.4 Å². The fourth-order valence-corrected chi connectivity index (χ4v) is 3.05. The van der Waals surface area contributed by atoms with Crippen LogP contribution in [0.15, 0.2) is 29.2 Å². The number of aromatic nitrogens is 1. The number of carbonyl (C=O) groups is 2. The average molecular weight is 344 g/mol. The number of rotatable bonds is 3. The molecule has 0 bridgehead atoms. The van der Waals surface area contributed by atoms with Gasteiger partial charge < -0.3 is 25.7 Å². The lowest BCUT2D eigenvalue weighted by Gasteiger charge is -2.30. The Labute approximate surface area is 143 Å². The smallest absolute Gasteiger partial charge is 0.321 e. The van der Waals surface area contributed by atoms with Crippen LogP contribution < -0.4 is 21.2 Å². The Morgan fingerprint density at radius 3 is 2.68 bits per heavy atom. The number of hydrogen-bond donors (Lipinski definition) is 3. The molecule has 8 nitrogen and oxygen atoms in total. The van der Waals surface area contributed by atoms with E-state index in [4.69, 9.17) is 10.5 Å². The molecule has 1 aliphatic heterocycles. The number of methoxy groups -OCH3 is 1. The Morgan fingerprint density at radius 2 is 2.04 bits per heavy atom. The molecule has 2 aromatic rings. The standard InChI is InChI=1S/C17H20N4O4/c1-25-13-4-2-3-11-14(13)19-9-12(15(11)22)20-17(24)21-7-5-10(6-8-21)16(18)23/h2-4,9-10H,5-8H2,1H3,(H2,18,23)(H,19,22)(H,20,24). The van der Waals surface area contributed by atoms with E-state index in [1.807, 2.05) is 0 Å². The summed E-state index contributed by atoms with van der Waals surface area (Å²) in [6, 6.07) is 4.77. The zero-order chi connectivity index (χ0) is 18.0. The van der Waals surface area contributed by atoms with Gasteiger partial charge in [-0.15, -0.1) is 0 Å². The van der Waals surface area contributed by atoms with Gasteiger partial charge in [-0.25, -0.2) is 4.79 Å². The van der Waals surface area contributed by atoms with Crippen LogP contribution in [0.1, 0.15) is 12.8 Å². The van der Waals surface area contributed by atoms with Gasteiger partial charge in [-0.05, 0) is 25.0 Å². The molecule has 1 aliphatic rings. The fraction of sp³-hybridized carbons (Fsp3) is 0.353. The Balaban J connectivity index is 1.77. The normalized spacial score (nSPS) is 15.2. The van der Waals surface area contributed by atoms with Crippen molar-refractivity contribution >= 4 is 28.5 Å². The number of hydrogen-bond acceptors (Lipinski definition) is 4. The molecule has 0 unspecified atom stereocenters. The fourth-order valence-electron chi connectivity index (χ4n) is 3.05. The molecule has 132 valence electrons. The molecule has 4 N–H and O–H groups in total. The molecule has 1 aromatic heterocycles. The highest BCUT2D eigenvalue weighted by atomic mass is 16.5. The SMILES string of the molecule is COc1cccc2c(=O)c(NC(=O)N3CCC(C(N)=O)CC3)c[nH]c12. The summed E-state index contributed by atoms with van der Waals surface area (Å²) < 4.78 is 5.22. The third kappa shape index (κ3) is 3.28. The number of urea groups is 1. The number of pyridine rings is 1. The topological polar surface area (TPSA) is 118 Å². The van der Waals surface area contributed by atoms with Crippen LogP contribution in [0.4, 0.5) is 10.5 Å². The van der Waals surface area contributed by atoms with Gasteiger partial charge in [-0.1, -0.05) is 6.07 Å². The number of primary amides is 1. The first-order valence-electron chi connectivity index (χ1n) is 8.05. The molecule has 3 amide bonds. The predicted molar refractivity (Wildman–Crippen MR) is 93.6 cm³/mol. The second kappa shape index (κ2) is 6.84. The third-order valence-electron chi connectivity index (χ3n) is 4.52. The molecule has 2 heterocycles. The van der Waals surface area contributed by atoms with Crippen LogP contribution in [0.2, 0.25) is 0 Å². The largest absolute Gasteiger partial charge is 0.495 e. The molecule has 8 heteroatoms. The van der Waals surface area contributed by atoms with E-state index < -0.39 is 0 Å². The Hall–Kier alpha value is -3.03.